The number of carbonyl (C=O) groups is 2. The molecule has 0 atom stereocenters. The van der Waals surface area contributed by atoms with E-state index in [9.17, 15) is 22.8 Å². The number of hydrogen-bond acceptors (Lipinski definition) is 5. The number of nitrogens with zero attached hydrogens (tertiary/aromatic N) is 3. The fourth-order valence-electron chi connectivity index (χ4n) is 4.54. The third-order valence-corrected chi connectivity index (χ3v) is 6.57. The molecule has 3 heterocycles. The highest BCUT2D eigenvalue weighted by Gasteiger charge is 2.34. The van der Waals surface area contributed by atoms with E-state index < -0.39 is 17.6 Å². The Hall–Kier alpha value is -3.43. The molecule has 7 nitrogen and oxygen atoms in total. The van der Waals surface area contributed by atoms with Crippen LogP contribution in [-0.2, 0) is 6.18 Å². The van der Waals surface area contributed by atoms with Crippen molar-refractivity contribution in [3.63, 3.8) is 0 Å². The molecule has 2 fully saturated rings. The molecule has 0 bridgehead atoms. The van der Waals surface area contributed by atoms with Gasteiger partial charge in [-0.3, -0.25) is 9.59 Å². The van der Waals surface area contributed by atoms with Gasteiger partial charge in [0.05, 0.1) is 22.2 Å². The third kappa shape index (κ3) is 4.12. The van der Waals surface area contributed by atoms with Crippen molar-refractivity contribution >= 4 is 22.9 Å². The van der Waals surface area contributed by atoms with Gasteiger partial charge >= 0.3 is 6.18 Å². The van der Waals surface area contributed by atoms with Gasteiger partial charge in [-0.25, -0.2) is 4.98 Å². The number of halogens is 3. The van der Waals surface area contributed by atoms with Crippen molar-refractivity contribution in [2.75, 3.05) is 20.1 Å². The van der Waals surface area contributed by atoms with Gasteiger partial charge in [0.2, 0.25) is 0 Å². The summed E-state index contributed by atoms with van der Waals surface area (Å²) in [5.74, 6) is -0.400. The molecule has 2 aliphatic rings. The Morgan fingerprint density at radius 2 is 1.82 bits per heavy atom. The highest BCUT2D eigenvalue weighted by molar-refractivity contribution is 6.06. The summed E-state index contributed by atoms with van der Waals surface area (Å²) in [4.78, 5) is 31.6. The average Bonchev–Trinajstić information content (AvgIpc) is 3.61. The fourth-order valence-corrected chi connectivity index (χ4v) is 4.54. The van der Waals surface area contributed by atoms with Crippen LogP contribution in [0.15, 0.2) is 34.9 Å². The highest BCUT2D eigenvalue weighted by Crippen LogP contribution is 2.42. The Labute approximate surface area is 193 Å². The first-order valence-corrected chi connectivity index (χ1v) is 11.2. The van der Waals surface area contributed by atoms with Crippen LogP contribution in [0.3, 0.4) is 0 Å². The zero-order valence-electron chi connectivity index (χ0n) is 18.5. The standard InChI is InChI=1S/C24H23F3N4O3/c1-28-21(32)17-12-18(13-5-6-13)29-22-19(17)20(30-34-22)14-7-9-31(10-8-14)23(33)15-3-2-4-16(11-15)24(25,26)27/h2-4,11-14H,5-10H2,1H3,(H,28,32). The Balaban J connectivity index is 1.36. The molecular formula is C24H23F3N4O3. The lowest BCUT2D eigenvalue weighted by molar-refractivity contribution is -0.137. The molecule has 1 aromatic carbocycles. The van der Waals surface area contributed by atoms with Gasteiger partial charge in [-0.1, -0.05) is 11.2 Å². The number of benzene rings is 1. The minimum absolute atomic E-state index is 0.0128. The van der Waals surface area contributed by atoms with Crippen molar-refractivity contribution in [1.29, 1.82) is 0 Å². The number of pyridine rings is 1. The molecule has 0 radical (unpaired) electrons. The number of nitrogens with one attached hydrogen (secondary N) is 1. The Morgan fingerprint density at radius 1 is 1.09 bits per heavy atom. The topological polar surface area (TPSA) is 88.3 Å². The summed E-state index contributed by atoms with van der Waals surface area (Å²) in [6.45, 7) is 0.716. The van der Waals surface area contributed by atoms with Crippen molar-refractivity contribution in [3.05, 3.63) is 58.4 Å². The van der Waals surface area contributed by atoms with Crippen LogP contribution in [0.4, 0.5) is 13.2 Å². The van der Waals surface area contributed by atoms with Gasteiger partial charge in [0.15, 0.2) is 0 Å². The second kappa shape index (κ2) is 8.41. The maximum absolute atomic E-state index is 13.0. The van der Waals surface area contributed by atoms with E-state index in [1.807, 2.05) is 6.07 Å². The lowest BCUT2D eigenvalue weighted by Gasteiger charge is -2.31. The van der Waals surface area contributed by atoms with Crippen LogP contribution >= 0.6 is 0 Å². The molecule has 1 N–H and O–H groups in total. The minimum atomic E-state index is -4.51. The van der Waals surface area contributed by atoms with Crippen LogP contribution in [0.5, 0.6) is 0 Å². The minimum Gasteiger partial charge on any atom is -0.355 e. The summed E-state index contributed by atoms with van der Waals surface area (Å²) >= 11 is 0. The molecule has 178 valence electrons. The van der Waals surface area contributed by atoms with E-state index in [1.54, 1.807) is 11.9 Å². The number of aromatic nitrogens is 2. The third-order valence-electron chi connectivity index (χ3n) is 6.57. The molecule has 1 aliphatic carbocycles. The van der Waals surface area contributed by atoms with E-state index in [-0.39, 0.29) is 17.4 Å². The quantitative estimate of drug-likeness (QED) is 0.604. The summed E-state index contributed by atoms with van der Waals surface area (Å²) in [7, 11) is 1.57. The molecule has 0 spiro atoms. The monoisotopic (exact) mass is 472 g/mol. The van der Waals surface area contributed by atoms with Crippen LogP contribution < -0.4 is 5.32 Å². The smallest absolute Gasteiger partial charge is 0.355 e. The zero-order chi connectivity index (χ0) is 24.0. The van der Waals surface area contributed by atoms with E-state index in [4.69, 9.17) is 4.52 Å². The van der Waals surface area contributed by atoms with E-state index in [0.717, 1.165) is 30.7 Å². The number of alkyl halides is 3. The number of hydrogen-bond donors (Lipinski definition) is 1. The predicted molar refractivity (Wildman–Crippen MR) is 116 cm³/mol. The fraction of sp³-hybridized carbons (Fsp3) is 0.417. The molecular weight excluding hydrogens is 449 g/mol. The van der Waals surface area contributed by atoms with Crippen LogP contribution in [0.25, 0.3) is 11.1 Å². The number of rotatable bonds is 4. The van der Waals surface area contributed by atoms with Crippen LogP contribution in [-0.4, -0.2) is 47.0 Å². The van der Waals surface area contributed by atoms with E-state index in [0.29, 0.717) is 54.2 Å². The number of likely N-dealkylation sites (tertiary alicyclic amines) is 1. The molecule has 3 aromatic rings. The molecule has 2 amide bonds. The van der Waals surface area contributed by atoms with Crippen molar-refractivity contribution < 1.29 is 27.3 Å². The molecule has 34 heavy (non-hydrogen) atoms. The molecule has 1 aliphatic heterocycles. The van der Waals surface area contributed by atoms with Crippen molar-refractivity contribution in [2.45, 2.75) is 43.7 Å². The van der Waals surface area contributed by atoms with Gasteiger partial charge in [-0.2, -0.15) is 13.2 Å². The number of carbonyl (C=O) groups excluding carboxylic acids is 2. The largest absolute Gasteiger partial charge is 0.416 e. The first-order valence-electron chi connectivity index (χ1n) is 11.2. The number of fused-ring (bicyclic) bond motifs is 1. The van der Waals surface area contributed by atoms with Gasteiger partial charge < -0.3 is 14.7 Å². The van der Waals surface area contributed by atoms with Crippen molar-refractivity contribution in [1.82, 2.24) is 20.4 Å². The molecule has 1 saturated carbocycles. The molecule has 10 heteroatoms. The first-order chi connectivity index (χ1) is 16.3. The highest BCUT2D eigenvalue weighted by atomic mass is 19.4. The van der Waals surface area contributed by atoms with E-state index in [2.05, 4.69) is 15.5 Å². The second-order valence-electron chi connectivity index (χ2n) is 8.84. The van der Waals surface area contributed by atoms with E-state index in [1.165, 1.54) is 12.1 Å². The van der Waals surface area contributed by atoms with Crippen molar-refractivity contribution in [3.8, 4) is 0 Å². The molecule has 0 unspecified atom stereocenters. The maximum Gasteiger partial charge on any atom is 0.416 e. The SMILES string of the molecule is CNC(=O)c1cc(C2CC2)nc2onc(C3CCN(C(=O)c4cccc(C(F)(F)F)c4)CC3)c12. The number of piperidine rings is 1. The Kier molecular flexibility index (Phi) is 5.53. The lowest BCUT2D eigenvalue weighted by atomic mass is 9.90. The van der Waals surface area contributed by atoms with Crippen molar-refractivity contribution in [2.24, 2.45) is 0 Å². The van der Waals surface area contributed by atoms with Crippen LogP contribution in [0.2, 0.25) is 0 Å². The Morgan fingerprint density at radius 3 is 2.47 bits per heavy atom. The summed E-state index contributed by atoms with van der Waals surface area (Å²) in [6, 6.07) is 6.29. The van der Waals surface area contributed by atoms with Crippen LogP contribution in [0, 0.1) is 0 Å². The zero-order valence-corrected chi connectivity index (χ0v) is 18.5. The number of amides is 2. The molecule has 1 saturated heterocycles. The summed E-state index contributed by atoms with van der Waals surface area (Å²) in [6.07, 6.45) is -1.35. The summed E-state index contributed by atoms with van der Waals surface area (Å²) in [5.41, 5.74) is 1.44. The lowest BCUT2D eigenvalue weighted by Crippen LogP contribution is -2.38. The molecule has 2 aromatic heterocycles. The second-order valence-corrected chi connectivity index (χ2v) is 8.84. The first kappa shape index (κ1) is 22.4. The summed E-state index contributed by atoms with van der Waals surface area (Å²) < 4.78 is 44.6. The summed E-state index contributed by atoms with van der Waals surface area (Å²) in [5, 5.41) is 7.49. The molecule has 5 rings (SSSR count). The van der Waals surface area contributed by atoms with Gasteiger partial charge in [-0.05, 0) is 49.9 Å². The van der Waals surface area contributed by atoms with Gasteiger partial charge in [0, 0.05) is 43.2 Å². The Bertz CT molecular complexity index is 1260. The maximum atomic E-state index is 13.0. The van der Waals surface area contributed by atoms with Gasteiger partial charge in [0.1, 0.15) is 0 Å². The van der Waals surface area contributed by atoms with Crippen LogP contribution in [0.1, 0.15) is 75.2 Å². The predicted octanol–water partition coefficient (Wildman–Crippen LogP) is 4.50. The normalized spacial score (nSPS) is 17.2. The van der Waals surface area contributed by atoms with Gasteiger partial charge in [-0.15, -0.1) is 0 Å². The van der Waals surface area contributed by atoms with E-state index >= 15 is 0 Å². The van der Waals surface area contributed by atoms with Gasteiger partial charge in [0.25, 0.3) is 17.5 Å². The average molecular weight is 472 g/mol.